The first kappa shape index (κ1) is 21.0. The van der Waals surface area contributed by atoms with Crippen molar-refractivity contribution in [1.29, 1.82) is 5.26 Å². The molecule has 5 aromatic carbocycles. The van der Waals surface area contributed by atoms with Crippen LogP contribution in [-0.4, -0.2) is 4.98 Å². The number of hydrogen-bond donors (Lipinski definition) is 0. The van der Waals surface area contributed by atoms with Crippen molar-refractivity contribution in [3.63, 3.8) is 0 Å². The standard InChI is InChI=1S/C32H20N2S/c33-21-22-10-12-25(13-11-22)27-18-28(26-16-14-24(15-17-26)23-6-2-1-3-7-23)20-29(19-27)32-34-30-8-4-5-9-31(30)35-32/h1-20H. The number of para-hydroxylation sites is 1. The molecule has 0 spiro atoms. The van der Waals surface area contributed by atoms with E-state index >= 15 is 0 Å². The van der Waals surface area contributed by atoms with Gasteiger partial charge in [-0.15, -0.1) is 11.3 Å². The summed E-state index contributed by atoms with van der Waals surface area (Å²) in [6.07, 6.45) is 0. The summed E-state index contributed by atoms with van der Waals surface area (Å²) in [6, 6.07) is 44.0. The minimum atomic E-state index is 0.660. The van der Waals surface area contributed by atoms with Crippen LogP contribution in [0.15, 0.2) is 121 Å². The highest BCUT2D eigenvalue weighted by atomic mass is 32.1. The molecule has 1 aromatic heterocycles. The molecule has 6 rings (SSSR count). The van der Waals surface area contributed by atoms with Crippen LogP contribution in [0.1, 0.15) is 5.56 Å². The van der Waals surface area contributed by atoms with Crippen LogP contribution < -0.4 is 0 Å². The van der Waals surface area contributed by atoms with Gasteiger partial charge in [0.25, 0.3) is 0 Å². The van der Waals surface area contributed by atoms with Crippen LogP contribution in [0.5, 0.6) is 0 Å². The average molecular weight is 465 g/mol. The second-order valence-corrected chi connectivity index (χ2v) is 9.45. The second kappa shape index (κ2) is 9.02. The van der Waals surface area contributed by atoms with Gasteiger partial charge in [-0.05, 0) is 75.8 Å². The van der Waals surface area contributed by atoms with Crippen molar-refractivity contribution in [3.8, 4) is 50.0 Å². The van der Waals surface area contributed by atoms with Crippen LogP contribution in [0, 0.1) is 11.3 Å². The van der Waals surface area contributed by atoms with Gasteiger partial charge >= 0.3 is 0 Å². The lowest BCUT2D eigenvalue weighted by atomic mass is 9.94. The van der Waals surface area contributed by atoms with Crippen LogP contribution in [-0.2, 0) is 0 Å². The summed E-state index contributed by atoms with van der Waals surface area (Å²) in [4.78, 5) is 4.91. The first-order valence-electron chi connectivity index (χ1n) is 11.4. The van der Waals surface area contributed by atoms with E-state index in [1.165, 1.54) is 15.8 Å². The summed E-state index contributed by atoms with van der Waals surface area (Å²) < 4.78 is 1.18. The fourth-order valence-electron chi connectivity index (χ4n) is 4.30. The molecule has 0 bridgehead atoms. The number of aromatic nitrogens is 1. The Morgan fingerprint density at radius 2 is 1.03 bits per heavy atom. The summed E-state index contributed by atoms with van der Waals surface area (Å²) in [6.45, 7) is 0. The number of benzene rings is 5. The summed E-state index contributed by atoms with van der Waals surface area (Å²) in [7, 11) is 0. The van der Waals surface area contributed by atoms with E-state index in [0.717, 1.165) is 38.3 Å². The molecule has 0 aliphatic rings. The summed E-state index contributed by atoms with van der Waals surface area (Å²) >= 11 is 1.71. The topological polar surface area (TPSA) is 36.7 Å². The van der Waals surface area contributed by atoms with E-state index in [4.69, 9.17) is 4.98 Å². The minimum Gasteiger partial charge on any atom is -0.236 e. The van der Waals surface area contributed by atoms with Gasteiger partial charge in [-0.1, -0.05) is 78.9 Å². The number of fused-ring (bicyclic) bond motifs is 1. The van der Waals surface area contributed by atoms with Gasteiger partial charge in [-0.2, -0.15) is 5.26 Å². The van der Waals surface area contributed by atoms with E-state index in [1.807, 2.05) is 36.4 Å². The monoisotopic (exact) mass is 464 g/mol. The molecule has 0 unspecified atom stereocenters. The van der Waals surface area contributed by atoms with E-state index in [2.05, 4.69) is 91.0 Å². The molecule has 2 nitrogen and oxygen atoms in total. The van der Waals surface area contributed by atoms with Gasteiger partial charge in [-0.25, -0.2) is 4.98 Å². The Kier molecular flexibility index (Phi) is 5.42. The highest BCUT2D eigenvalue weighted by molar-refractivity contribution is 7.21. The van der Waals surface area contributed by atoms with Crippen molar-refractivity contribution < 1.29 is 0 Å². The molecule has 0 atom stereocenters. The Morgan fingerprint density at radius 1 is 0.514 bits per heavy atom. The highest BCUT2D eigenvalue weighted by Gasteiger charge is 2.11. The van der Waals surface area contributed by atoms with Crippen molar-refractivity contribution in [2.24, 2.45) is 0 Å². The summed E-state index contributed by atoms with van der Waals surface area (Å²) in [5.74, 6) is 0. The zero-order valence-corrected chi connectivity index (χ0v) is 19.7. The highest BCUT2D eigenvalue weighted by Crippen LogP contribution is 2.36. The Morgan fingerprint density at radius 3 is 1.66 bits per heavy atom. The minimum absolute atomic E-state index is 0.660. The fourth-order valence-corrected chi connectivity index (χ4v) is 5.26. The zero-order valence-electron chi connectivity index (χ0n) is 18.8. The Hall–Kier alpha value is -4.52. The first-order chi connectivity index (χ1) is 17.3. The van der Waals surface area contributed by atoms with Gasteiger partial charge in [0, 0.05) is 5.56 Å². The lowest BCUT2D eigenvalue weighted by Crippen LogP contribution is -1.87. The molecule has 3 heteroatoms. The third kappa shape index (κ3) is 4.24. The molecule has 35 heavy (non-hydrogen) atoms. The third-order valence-electron chi connectivity index (χ3n) is 6.15. The van der Waals surface area contributed by atoms with Crippen molar-refractivity contribution in [1.82, 2.24) is 4.98 Å². The van der Waals surface area contributed by atoms with E-state index in [-0.39, 0.29) is 0 Å². The molecule has 0 aliphatic heterocycles. The molecule has 0 fully saturated rings. The molecule has 0 aliphatic carbocycles. The molecule has 0 saturated carbocycles. The van der Waals surface area contributed by atoms with Gasteiger partial charge in [0.2, 0.25) is 0 Å². The van der Waals surface area contributed by atoms with Crippen LogP contribution in [0.3, 0.4) is 0 Å². The van der Waals surface area contributed by atoms with Crippen LogP contribution in [0.2, 0.25) is 0 Å². The maximum absolute atomic E-state index is 9.20. The molecule has 0 saturated heterocycles. The predicted octanol–water partition coefficient (Wildman–Crippen LogP) is 8.84. The average Bonchev–Trinajstić information content (AvgIpc) is 3.38. The molecule has 0 amide bonds. The predicted molar refractivity (Wildman–Crippen MR) is 146 cm³/mol. The van der Waals surface area contributed by atoms with Gasteiger partial charge in [0.15, 0.2) is 0 Å². The lowest BCUT2D eigenvalue weighted by Gasteiger charge is -2.11. The normalized spacial score (nSPS) is 10.8. The third-order valence-corrected chi connectivity index (χ3v) is 7.23. The van der Waals surface area contributed by atoms with Crippen LogP contribution in [0.4, 0.5) is 0 Å². The zero-order chi connectivity index (χ0) is 23.6. The summed E-state index contributed by atoms with van der Waals surface area (Å²) in [5.41, 5.74) is 9.66. The Balaban J connectivity index is 1.47. The van der Waals surface area contributed by atoms with Crippen molar-refractivity contribution >= 4 is 21.6 Å². The van der Waals surface area contributed by atoms with Crippen molar-refractivity contribution in [3.05, 3.63) is 127 Å². The maximum Gasteiger partial charge on any atom is 0.124 e. The molecule has 0 radical (unpaired) electrons. The Bertz CT molecular complexity index is 1640. The van der Waals surface area contributed by atoms with Crippen LogP contribution in [0.25, 0.3) is 54.2 Å². The summed E-state index contributed by atoms with van der Waals surface area (Å²) in [5, 5.41) is 10.2. The van der Waals surface area contributed by atoms with E-state index in [9.17, 15) is 5.26 Å². The number of hydrogen-bond acceptors (Lipinski definition) is 3. The van der Waals surface area contributed by atoms with Crippen molar-refractivity contribution in [2.75, 3.05) is 0 Å². The van der Waals surface area contributed by atoms with Gasteiger partial charge in [0.05, 0.1) is 21.8 Å². The fraction of sp³-hybridized carbons (Fsp3) is 0. The second-order valence-electron chi connectivity index (χ2n) is 8.42. The molecule has 6 aromatic rings. The number of rotatable bonds is 4. The molecular weight excluding hydrogens is 444 g/mol. The number of nitriles is 1. The molecular formula is C32H20N2S. The molecule has 1 heterocycles. The Labute approximate surface area is 208 Å². The van der Waals surface area contributed by atoms with Gasteiger partial charge < -0.3 is 0 Å². The first-order valence-corrected chi connectivity index (χ1v) is 12.3. The number of thiazole rings is 1. The van der Waals surface area contributed by atoms with Crippen molar-refractivity contribution in [2.45, 2.75) is 0 Å². The van der Waals surface area contributed by atoms with Crippen LogP contribution >= 0.6 is 11.3 Å². The molecule has 164 valence electrons. The number of nitrogens with zero attached hydrogens (tertiary/aromatic N) is 2. The largest absolute Gasteiger partial charge is 0.236 e. The van der Waals surface area contributed by atoms with E-state index < -0.39 is 0 Å². The maximum atomic E-state index is 9.20. The van der Waals surface area contributed by atoms with Gasteiger partial charge in [-0.3, -0.25) is 0 Å². The van der Waals surface area contributed by atoms with E-state index in [0.29, 0.717) is 5.56 Å². The smallest absolute Gasteiger partial charge is 0.124 e. The quantitative estimate of drug-likeness (QED) is 0.261. The lowest BCUT2D eigenvalue weighted by molar-refractivity contribution is 1.47. The molecule has 0 N–H and O–H groups in total. The van der Waals surface area contributed by atoms with Gasteiger partial charge in [0.1, 0.15) is 5.01 Å². The SMILES string of the molecule is N#Cc1ccc(-c2cc(-c3ccc(-c4ccccc4)cc3)cc(-c3nc4ccccc4s3)c2)cc1. The van der Waals surface area contributed by atoms with E-state index in [1.54, 1.807) is 11.3 Å².